The Balaban J connectivity index is 2.19. The number of ether oxygens (including phenoxy) is 3. The van der Waals surface area contributed by atoms with Gasteiger partial charge >= 0.3 is 0 Å². The van der Waals surface area contributed by atoms with E-state index in [-0.39, 0.29) is 11.3 Å². The largest absolute Gasteiger partial charge is 0.507 e. The van der Waals surface area contributed by atoms with Gasteiger partial charge in [-0.05, 0) is 63.5 Å². The second-order valence-electron chi connectivity index (χ2n) is 7.86. The molecule has 1 amide bonds. The lowest BCUT2D eigenvalue weighted by molar-refractivity contribution is -0.140. The molecule has 0 unspecified atom stereocenters. The van der Waals surface area contributed by atoms with Gasteiger partial charge in [0.2, 0.25) is 0 Å². The minimum absolute atomic E-state index is 0.00877. The van der Waals surface area contributed by atoms with Gasteiger partial charge in [0.05, 0.1) is 32.4 Å². The van der Waals surface area contributed by atoms with E-state index in [9.17, 15) is 14.7 Å². The number of ketones is 1. The number of carbonyl (C=O) groups excluding carboxylic acids is 2. The van der Waals surface area contributed by atoms with E-state index in [0.717, 1.165) is 0 Å². The number of hydrogen-bond donors (Lipinski definition) is 1. The summed E-state index contributed by atoms with van der Waals surface area (Å²) in [7, 11) is 6.83. The molecule has 8 heteroatoms. The molecule has 0 aliphatic carbocycles. The second kappa shape index (κ2) is 10.4. The average Bonchev–Trinajstić information content (AvgIpc) is 3.07. The molecule has 0 radical (unpaired) electrons. The highest BCUT2D eigenvalue weighted by Gasteiger charge is 2.47. The number of likely N-dealkylation sites (N-methyl/N-ethyl adjacent to an activating group) is 1. The summed E-state index contributed by atoms with van der Waals surface area (Å²) in [6.07, 6.45) is 0. The lowest BCUT2D eigenvalue weighted by Gasteiger charge is -2.28. The minimum Gasteiger partial charge on any atom is -0.507 e. The number of hydrogen-bond acceptors (Lipinski definition) is 7. The van der Waals surface area contributed by atoms with Crippen molar-refractivity contribution < 1.29 is 28.9 Å². The van der Waals surface area contributed by atoms with Crippen LogP contribution in [0.15, 0.2) is 48.0 Å². The van der Waals surface area contributed by atoms with Gasteiger partial charge in [0.15, 0.2) is 0 Å². The van der Waals surface area contributed by atoms with Gasteiger partial charge in [-0.2, -0.15) is 0 Å². The molecule has 1 heterocycles. The van der Waals surface area contributed by atoms with Crippen LogP contribution >= 0.6 is 0 Å². The fourth-order valence-corrected chi connectivity index (χ4v) is 3.83. The van der Waals surface area contributed by atoms with Crippen molar-refractivity contribution >= 4 is 17.4 Å². The molecule has 176 valence electrons. The quantitative estimate of drug-likeness (QED) is 0.354. The van der Waals surface area contributed by atoms with Crippen molar-refractivity contribution in [1.29, 1.82) is 0 Å². The number of carbonyl (C=O) groups is 2. The predicted octanol–water partition coefficient (Wildman–Crippen LogP) is 3.09. The van der Waals surface area contributed by atoms with E-state index in [1.54, 1.807) is 42.5 Å². The number of aliphatic hydroxyl groups excluding tert-OH is 1. The Labute approximate surface area is 194 Å². The standard InChI is InChI=1S/C25H30N2O6/c1-6-33-17-9-7-16(8-10-17)23(28)21-22(19-15-18(31-4)11-12-20(19)32-5)27(14-13-26(2)3)25(30)24(21)29/h7-12,15,22,28H,6,13-14H2,1-5H3/t22-/m1/s1. The van der Waals surface area contributed by atoms with E-state index in [1.165, 1.54) is 19.1 Å². The first-order valence-corrected chi connectivity index (χ1v) is 10.7. The van der Waals surface area contributed by atoms with Crippen molar-refractivity contribution in [3.05, 3.63) is 59.2 Å². The molecule has 0 bridgehead atoms. The van der Waals surface area contributed by atoms with Crippen LogP contribution in [0.1, 0.15) is 24.1 Å². The maximum atomic E-state index is 13.2. The van der Waals surface area contributed by atoms with Gasteiger partial charge in [-0.15, -0.1) is 0 Å². The fourth-order valence-electron chi connectivity index (χ4n) is 3.83. The van der Waals surface area contributed by atoms with E-state index < -0.39 is 17.7 Å². The smallest absolute Gasteiger partial charge is 0.295 e. The minimum atomic E-state index is -0.832. The fraction of sp³-hybridized carbons (Fsp3) is 0.360. The molecule has 0 aromatic heterocycles. The molecule has 8 nitrogen and oxygen atoms in total. The Bertz CT molecular complexity index is 1050. The van der Waals surface area contributed by atoms with Crippen LogP contribution in [0.3, 0.4) is 0 Å². The summed E-state index contributed by atoms with van der Waals surface area (Å²) < 4.78 is 16.4. The zero-order valence-corrected chi connectivity index (χ0v) is 19.6. The Morgan fingerprint density at radius 3 is 2.27 bits per heavy atom. The monoisotopic (exact) mass is 454 g/mol. The Morgan fingerprint density at radius 1 is 1.03 bits per heavy atom. The molecular weight excluding hydrogens is 424 g/mol. The summed E-state index contributed by atoms with van der Waals surface area (Å²) in [5.41, 5.74) is 0.979. The molecule has 2 aromatic carbocycles. The normalized spacial score (nSPS) is 17.5. The van der Waals surface area contributed by atoms with Crippen LogP contribution in [-0.2, 0) is 9.59 Å². The topological polar surface area (TPSA) is 88.5 Å². The number of methoxy groups -OCH3 is 2. The van der Waals surface area contributed by atoms with Crippen LogP contribution in [0.5, 0.6) is 17.2 Å². The van der Waals surface area contributed by atoms with Gasteiger partial charge in [-0.1, -0.05) is 0 Å². The molecule has 3 rings (SSSR count). The third kappa shape index (κ3) is 4.96. The highest BCUT2D eigenvalue weighted by atomic mass is 16.5. The molecule has 1 atom stereocenters. The van der Waals surface area contributed by atoms with Crippen molar-refractivity contribution in [2.45, 2.75) is 13.0 Å². The van der Waals surface area contributed by atoms with Gasteiger partial charge < -0.3 is 29.1 Å². The summed E-state index contributed by atoms with van der Waals surface area (Å²) in [6.45, 7) is 3.23. The molecule has 1 aliphatic rings. The molecular formula is C25H30N2O6. The number of likely N-dealkylation sites (tertiary alicyclic amines) is 1. The SMILES string of the molecule is CCOc1ccc(C(O)=C2C(=O)C(=O)N(CCN(C)C)[C@@H]2c2cc(OC)ccc2OC)cc1. The molecule has 1 fully saturated rings. The first-order chi connectivity index (χ1) is 15.8. The summed E-state index contributed by atoms with van der Waals surface area (Å²) in [5, 5.41) is 11.2. The Kier molecular flexibility index (Phi) is 7.60. The van der Waals surface area contributed by atoms with Gasteiger partial charge in [0.25, 0.3) is 11.7 Å². The van der Waals surface area contributed by atoms with Crippen LogP contribution in [0.25, 0.3) is 5.76 Å². The molecule has 0 spiro atoms. The molecule has 1 saturated heterocycles. The van der Waals surface area contributed by atoms with Gasteiger partial charge in [-0.3, -0.25) is 9.59 Å². The Morgan fingerprint density at radius 2 is 1.70 bits per heavy atom. The highest BCUT2D eigenvalue weighted by Crippen LogP contribution is 2.43. The van der Waals surface area contributed by atoms with E-state index >= 15 is 0 Å². The van der Waals surface area contributed by atoms with E-state index in [0.29, 0.717) is 48.1 Å². The second-order valence-corrected chi connectivity index (χ2v) is 7.86. The molecule has 1 N–H and O–H groups in total. The molecule has 2 aromatic rings. The van der Waals surface area contributed by atoms with Crippen LogP contribution < -0.4 is 14.2 Å². The molecule has 1 aliphatic heterocycles. The van der Waals surface area contributed by atoms with Gasteiger partial charge in [0, 0.05) is 24.2 Å². The van der Waals surface area contributed by atoms with Crippen LogP contribution in [0, 0.1) is 0 Å². The first-order valence-electron chi connectivity index (χ1n) is 10.7. The number of aliphatic hydroxyl groups is 1. The first kappa shape index (κ1) is 24.1. The third-order valence-corrected chi connectivity index (χ3v) is 5.50. The van der Waals surface area contributed by atoms with E-state index in [4.69, 9.17) is 14.2 Å². The zero-order chi connectivity index (χ0) is 24.1. The summed E-state index contributed by atoms with van der Waals surface area (Å²) in [5.74, 6) is 0.0135. The average molecular weight is 455 g/mol. The lowest BCUT2D eigenvalue weighted by atomic mass is 9.94. The van der Waals surface area contributed by atoms with Crippen LogP contribution in [0.2, 0.25) is 0 Å². The summed E-state index contributed by atoms with van der Waals surface area (Å²) in [4.78, 5) is 29.6. The van der Waals surface area contributed by atoms with Crippen LogP contribution in [-0.4, -0.2) is 74.6 Å². The predicted molar refractivity (Wildman–Crippen MR) is 125 cm³/mol. The van der Waals surface area contributed by atoms with E-state index in [2.05, 4.69) is 0 Å². The number of rotatable bonds is 9. The molecule has 0 saturated carbocycles. The van der Waals surface area contributed by atoms with Crippen molar-refractivity contribution in [1.82, 2.24) is 9.80 Å². The van der Waals surface area contributed by atoms with E-state index in [1.807, 2.05) is 25.9 Å². The molecule has 33 heavy (non-hydrogen) atoms. The van der Waals surface area contributed by atoms with Gasteiger partial charge in [0.1, 0.15) is 23.0 Å². The highest BCUT2D eigenvalue weighted by molar-refractivity contribution is 6.46. The van der Waals surface area contributed by atoms with Gasteiger partial charge in [-0.25, -0.2) is 0 Å². The van der Waals surface area contributed by atoms with Crippen molar-refractivity contribution in [2.75, 3.05) is 48.0 Å². The summed E-state index contributed by atoms with van der Waals surface area (Å²) in [6, 6.07) is 11.1. The number of nitrogens with zero attached hydrogens (tertiary/aromatic N) is 2. The number of benzene rings is 2. The summed E-state index contributed by atoms with van der Waals surface area (Å²) >= 11 is 0. The van der Waals surface area contributed by atoms with Crippen molar-refractivity contribution in [2.24, 2.45) is 0 Å². The lowest BCUT2D eigenvalue weighted by Crippen LogP contribution is -2.35. The third-order valence-electron chi connectivity index (χ3n) is 5.50. The maximum absolute atomic E-state index is 13.2. The zero-order valence-electron chi connectivity index (χ0n) is 19.6. The van der Waals surface area contributed by atoms with Crippen LogP contribution in [0.4, 0.5) is 0 Å². The van der Waals surface area contributed by atoms with Crippen molar-refractivity contribution in [3.63, 3.8) is 0 Å². The number of amides is 1. The van der Waals surface area contributed by atoms with Crippen molar-refractivity contribution in [3.8, 4) is 17.2 Å². The maximum Gasteiger partial charge on any atom is 0.295 e. The Hall–Kier alpha value is -3.52. The number of Topliss-reactive ketones (excluding diaryl/α,β-unsaturated/α-hetero) is 1.